The first-order valence-electron chi connectivity index (χ1n) is 6.45. The Morgan fingerprint density at radius 1 is 1.17 bits per heavy atom. The molecule has 3 rings (SSSR count). The minimum atomic E-state index is 0.670. The van der Waals surface area contributed by atoms with E-state index in [4.69, 9.17) is 4.74 Å². The van der Waals surface area contributed by atoms with Crippen LogP contribution in [0.25, 0.3) is 11.3 Å². The van der Waals surface area contributed by atoms with Crippen molar-refractivity contribution in [1.82, 2.24) is 15.0 Å². The van der Waals surface area contributed by atoms with Gasteiger partial charge in [-0.25, -0.2) is 0 Å². The second-order valence-electron chi connectivity index (χ2n) is 4.75. The smallest absolute Gasteiger partial charge is 0.113 e. The van der Waals surface area contributed by atoms with Crippen molar-refractivity contribution in [3.8, 4) is 11.3 Å². The van der Waals surface area contributed by atoms with Gasteiger partial charge in [0.2, 0.25) is 0 Å². The molecular weight excluding hydrogens is 226 g/mol. The van der Waals surface area contributed by atoms with Gasteiger partial charge in [0, 0.05) is 25.3 Å². The van der Waals surface area contributed by atoms with Crippen molar-refractivity contribution in [2.75, 3.05) is 13.2 Å². The van der Waals surface area contributed by atoms with E-state index in [0.29, 0.717) is 5.92 Å². The van der Waals surface area contributed by atoms with Gasteiger partial charge in [0.15, 0.2) is 0 Å². The fourth-order valence-corrected chi connectivity index (χ4v) is 2.32. The van der Waals surface area contributed by atoms with Gasteiger partial charge in [0.1, 0.15) is 5.69 Å². The van der Waals surface area contributed by atoms with Crippen molar-refractivity contribution in [2.24, 2.45) is 5.92 Å². The third kappa shape index (κ3) is 2.59. The molecule has 0 radical (unpaired) electrons. The lowest BCUT2D eigenvalue weighted by molar-refractivity contribution is 0.0600. The summed E-state index contributed by atoms with van der Waals surface area (Å²) in [7, 11) is 0. The van der Waals surface area contributed by atoms with E-state index in [1.165, 1.54) is 0 Å². The van der Waals surface area contributed by atoms with E-state index < -0.39 is 0 Å². The predicted octanol–water partition coefficient (Wildman–Crippen LogP) is 2.37. The summed E-state index contributed by atoms with van der Waals surface area (Å²) in [5.41, 5.74) is 2.07. The van der Waals surface area contributed by atoms with Crippen LogP contribution in [0, 0.1) is 5.92 Å². The van der Waals surface area contributed by atoms with Crippen LogP contribution in [0.1, 0.15) is 12.8 Å². The van der Waals surface area contributed by atoms with E-state index in [-0.39, 0.29) is 0 Å². The second-order valence-corrected chi connectivity index (χ2v) is 4.75. The number of benzene rings is 1. The minimum Gasteiger partial charge on any atom is -0.381 e. The molecule has 1 aromatic carbocycles. The van der Waals surface area contributed by atoms with Gasteiger partial charge < -0.3 is 4.74 Å². The summed E-state index contributed by atoms with van der Waals surface area (Å²) in [6, 6.07) is 10.2. The number of rotatable bonds is 3. The average molecular weight is 243 g/mol. The monoisotopic (exact) mass is 243 g/mol. The molecule has 1 saturated heterocycles. The number of hydrogen-bond acceptors (Lipinski definition) is 3. The maximum atomic E-state index is 5.37. The van der Waals surface area contributed by atoms with Crippen molar-refractivity contribution in [3.05, 3.63) is 36.5 Å². The molecule has 0 atom stereocenters. The fourth-order valence-electron chi connectivity index (χ4n) is 2.32. The maximum Gasteiger partial charge on any atom is 0.113 e. The molecule has 0 N–H and O–H groups in total. The van der Waals surface area contributed by atoms with Gasteiger partial charge in [-0.15, -0.1) is 5.10 Å². The summed E-state index contributed by atoms with van der Waals surface area (Å²) in [5, 5.41) is 8.45. The lowest BCUT2D eigenvalue weighted by atomic mass is 10.0. The van der Waals surface area contributed by atoms with Crippen LogP contribution < -0.4 is 0 Å². The quantitative estimate of drug-likeness (QED) is 0.831. The first-order valence-corrected chi connectivity index (χ1v) is 6.45. The Labute approximate surface area is 107 Å². The molecule has 4 nitrogen and oxygen atoms in total. The highest BCUT2D eigenvalue weighted by Crippen LogP contribution is 2.19. The summed E-state index contributed by atoms with van der Waals surface area (Å²) >= 11 is 0. The summed E-state index contributed by atoms with van der Waals surface area (Å²) in [5.74, 6) is 0.670. The number of hydrogen-bond donors (Lipinski definition) is 0. The molecule has 0 unspecified atom stereocenters. The van der Waals surface area contributed by atoms with Gasteiger partial charge in [-0.1, -0.05) is 35.5 Å². The first-order chi connectivity index (χ1) is 8.92. The Hall–Kier alpha value is -1.68. The molecule has 1 aliphatic rings. The standard InChI is InChI=1S/C14H17N3O/c1-2-4-13(5-3-1)14-11-17(16-15-14)10-12-6-8-18-9-7-12/h1-5,11-12H,6-10H2. The van der Waals surface area contributed by atoms with Crippen molar-refractivity contribution in [3.63, 3.8) is 0 Å². The molecule has 2 aromatic rings. The number of aromatic nitrogens is 3. The normalized spacial score (nSPS) is 16.9. The summed E-state index contributed by atoms with van der Waals surface area (Å²) in [4.78, 5) is 0. The summed E-state index contributed by atoms with van der Waals surface area (Å²) in [6.45, 7) is 2.71. The molecule has 0 saturated carbocycles. The van der Waals surface area contributed by atoms with Crippen molar-refractivity contribution in [2.45, 2.75) is 19.4 Å². The predicted molar refractivity (Wildman–Crippen MR) is 69.0 cm³/mol. The highest BCUT2D eigenvalue weighted by Gasteiger charge is 2.15. The van der Waals surface area contributed by atoms with Crippen LogP contribution in [-0.4, -0.2) is 28.2 Å². The molecule has 1 aliphatic heterocycles. The van der Waals surface area contributed by atoms with E-state index in [2.05, 4.69) is 22.4 Å². The van der Waals surface area contributed by atoms with E-state index in [9.17, 15) is 0 Å². The van der Waals surface area contributed by atoms with E-state index in [1.54, 1.807) is 0 Å². The van der Waals surface area contributed by atoms with Crippen LogP contribution in [0.5, 0.6) is 0 Å². The molecule has 18 heavy (non-hydrogen) atoms. The molecule has 0 spiro atoms. The third-order valence-corrected chi connectivity index (χ3v) is 3.39. The highest BCUT2D eigenvalue weighted by atomic mass is 16.5. The molecular formula is C14H17N3O. The Balaban J connectivity index is 1.69. The molecule has 1 fully saturated rings. The summed E-state index contributed by atoms with van der Waals surface area (Å²) < 4.78 is 7.32. The molecule has 94 valence electrons. The maximum absolute atomic E-state index is 5.37. The molecule has 1 aromatic heterocycles. The average Bonchev–Trinajstić information content (AvgIpc) is 2.89. The minimum absolute atomic E-state index is 0.670. The van der Waals surface area contributed by atoms with Crippen LogP contribution in [0.2, 0.25) is 0 Å². The lowest BCUT2D eigenvalue weighted by Gasteiger charge is -2.21. The zero-order valence-electron chi connectivity index (χ0n) is 10.3. The van der Waals surface area contributed by atoms with Crippen LogP contribution in [-0.2, 0) is 11.3 Å². The van der Waals surface area contributed by atoms with Gasteiger partial charge in [0.25, 0.3) is 0 Å². The van der Waals surface area contributed by atoms with Crippen molar-refractivity contribution in [1.29, 1.82) is 0 Å². The highest BCUT2D eigenvalue weighted by molar-refractivity contribution is 5.57. The Kier molecular flexibility index (Phi) is 3.37. The number of nitrogens with zero attached hydrogens (tertiary/aromatic N) is 3. The van der Waals surface area contributed by atoms with Gasteiger partial charge in [0.05, 0.1) is 6.20 Å². The van der Waals surface area contributed by atoms with Crippen LogP contribution in [0.4, 0.5) is 0 Å². The zero-order valence-corrected chi connectivity index (χ0v) is 10.3. The summed E-state index contributed by atoms with van der Waals surface area (Å²) in [6.07, 6.45) is 4.28. The fraction of sp³-hybridized carbons (Fsp3) is 0.429. The van der Waals surface area contributed by atoms with Gasteiger partial charge in [-0.05, 0) is 18.8 Å². The number of ether oxygens (including phenoxy) is 1. The van der Waals surface area contributed by atoms with Crippen molar-refractivity contribution < 1.29 is 4.74 Å². The van der Waals surface area contributed by atoms with E-state index in [1.807, 2.05) is 29.1 Å². The lowest BCUT2D eigenvalue weighted by Crippen LogP contribution is -2.20. The first kappa shape index (κ1) is 11.4. The Bertz CT molecular complexity index is 489. The van der Waals surface area contributed by atoms with Gasteiger partial charge in [-0.3, -0.25) is 4.68 Å². The van der Waals surface area contributed by atoms with Crippen LogP contribution >= 0.6 is 0 Å². The molecule has 4 heteroatoms. The molecule has 2 heterocycles. The van der Waals surface area contributed by atoms with Crippen LogP contribution in [0.3, 0.4) is 0 Å². The van der Waals surface area contributed by atoms with E-state index in [0.717, 1.165) is 43.9 Å². The van der Waals surface area contributed by atoms with E-state index >= 15 is 0 Å². The van der Waals surface area contributed by atoms with Crippen molar-refractivity contribution >= 4 is 0 Å². The molecule has 0 amide bonds. The van der Waals surface area contributed by atoms with Crippen LogP contribution in [0.15, 0.2) is 36.5 Å². The van der Waals surface area contributed by atoms with Gasteiger partial charge >= 0.3 is 0 Å². The SMILES string of the molecule is c1ccc(-c2cn(CC3CCOCC3)nn2)cc1. The molecule has 0 bridgehead atoms. The topological polar surface area (TPSA) is 39.9 Å². The Morgan fingerprint density at radius 2 is 1.94 bits per heavy atom. The largest absolute Gasteiger partial charge is 0.381 e. The molecule has 0 aliphatic carbocycles. The second kappa shape index (κ2) is 5.31. The van der Waals surface area contributed by atoms with Gasteiger partial charge in [-0.2, -0.15) is 0 Å². The zero-order chi connectivity index (χ0) is 12.2. The Morgan fingerprint density at radius 3 is 2.72 bits per heavy atom. The third-order valence-electron chi connectivity index (χ3n) is 3.39.